The lowest BCUT2D eigenvalue weighted by Gasteiger charge is -2.23. The maximum atomic E-state index is 12.6. The zero-order valence-electron chi connectivity index (χ0n) is 18.5. The van der Waals surface area contributed by atoms with Crippen LogP contribution in [0.3, 0.4) is 0 Å². The second kappa shape index (κ2) is 8.45. The number of carbonyl (C=O) groups is 3. The normalized spacial score (nSPS) is 23.8. The van der Waals surface area contributed by atoms with Crippen LogP contribution in [0.5, 0.6) is 0 Å². The Hall–Kier alpha value is -3.50. The van der Waals surface area contributed by atoms with E-state index >= 15 is 0 Å². The van der Waals surface area contributed by atoms with Crippen molar-refractivity contribution in [2.75, 3.05) is 4.90 Å². The highest BCUT2D eigenvalue weighted by Gasteiger charge is 2.43. The molecule has 168 valence electrons. The molecule has 2 N–H and O–H groups in total. The van der Waals surface area contributed by atoms with Crippen molar-refractivity contribution in [1.82, 2.24) is 10.6 Å². The van der Waals surface area contributed by atoms with E-state index in [1.54, 1.807) is 0 Å². The first kappa shape index (κ1) is 21.4. The molecule has 1 saturated heterocycles. The van der Waals surface area contributed by atoms with Crippen LogP contribution in [-0.2, 0) is 27.2 Å². The van der Waals surface area contributed by atoms with Gasteiger partial charge in [0.05, 0.1) is 24.2 Å². The van der Waals surface area contributed by atoms with Crippen LogP contribution in [0.1, 0.15) is 37.3 Å². The fourth-order valence-corrected chi connectivity index (χ4v) is 5.43. The standard InChI is InChI=1S/C26H26N4O3/c1-15(31)30-23-12-18(6-7-19(23)13-24(30)32)17-4-2-16(3-5-17)10-22(14-27)29-26(33)25-20-8-9-21(11-20)28-25/h2-7,12,20-22,25,28H,8-11,13H2,1H3,(H,29,33)/t20-,21+,22-,25-/m0/s1. The number of benzene rings is 2. The molecule has 2 aromatic carbocycles. The average Bonchev–Trinajstić information content (AvgIpc) is 3.52. The third kappa shape index (κ3) is 4.03. The average molecular weight is 443 g/mol. The van der Waals surface area contributed by atoms with Gasteiger partial charge in [0.15, 0.2) is 0 Å². The number of nitrogens with one attached hydrogen (secondary N) is 2. The summed E-state index contributed by atoms with van der Waals surface area (Å²) in [6.07, 6.45) is 3.94. The number of nitriles is 1. The Morgan fingerprint density at radius 2 is 1.94 bits per heavy atom. The van der Waals surface area contributed by atoms with E-state index in [4.69, 9.17) is 0 Å². The zero-order chi connectivity index (χ0) is 23.1. The smallest absolute Gasteiger partial charge is 0.238 e. The van der Waals surface area contributed by atoms with E-state index in [-0.39, 0.29) is 30.2 Å². The van der Waals surface area contributed by atoms with Crippen LogP contribution >= 0.6 is 0 Å². The summed E-state index contributed by atoms with van der Waals surface area (Å²) < 4.78 is 0. The Labute approximate surface area is 192 Å². The van der Waals surface area contributed by atoms with Crippen LogP contribution in [0.4, 0.5) is 5.69 Å². The van der Waals surface area contributed by atoms with Crippen LogP contribution < -0.4 is 15.5 Å². The summed E-state index contributed by atoms with van der Waals surface area (Å²) in [6, 6.07) is 15.4. The molecule has 33 heavy (non-hydrogen) atoms. The maximum absolute atomic E-state index is 12.6. The molecule has 5 rings (SSSR count). The molecule has 0 radical (unpaired) electrons. The zero-order valence-corrected chi connectivity index (χ0v) is 18.5. The van der Waals surface area contributed by atoms with Crippen molar-refractivity contribution in [1.29, 1.82) is 5.26 Å². The Bertz CT molecular complexity index is 1170. The Kier molecular flexibility index (Phi) is 5.47. The molecule has 1 aliphatic carbocycles. The molecule has 2 aliphatic heterocycles. The van der Waals surface area contributed by atoms with E-state index in [1.807, 2.05) is 42.5 Å². The van der Waals surface area contributed by atoms with E-state index < -0.39 is 6.04 Å². The van der Waals surface area contributed by atoms with E-state index in [0.29, 0.717) is 24.1 Å². The van der Waals surface area contributed by atoms with Gasteiger partial charge in [0.1, 0.15) is 6.04 Å². The molecule has 4 atom stereocenters. The molecule has 2 bridgehead atoms. The molecule has 2 fully saturated rings. The van der Waals surface area contributed by atoms with Crippen LogP contribution in [0.2, 0.25) is 0 Å². The molecule has 2 aromatic rings. The summed E-state index contributed by atoms with van der Waals surface area (Å²) in [5.41, 5.74) is 4.32. The number of rotatable bonds is 5. The highest BCUT2D eigenvalue weighted by molar-refractivity contribution is 6.18. The highest BCUT2D eigenvalue weighted by Crippen LogP contribution is 2.35. The number of carbonyl (C=O) groups excluding carboxylic acids is 3. The van der Waals surface area contributed by atoms with Gasteiger partial charge in [-0.25, -0.2) is 0 Å². The summed E-state index contributed by atoms with van der Waals surface area (Å²) in [5, 5.41) is 15.9. The SMILES string of the molecule is CC(=O)N1C(=O)Cc2ccc(-c3ccc(C[C@@H](C#N)NC(=O)[C@H]4N[C@@H]5CC[C@H]4C5)cc3)cc21. The number of amides is 3. The number of piperidine rings is 1. The van der Waals surface area contributed by atoms with Crippen LogP contribution in [0, 0.1) is 17.2 Å². The van der Waals surface area contributed by atoms with Gasteiger partial charge in [-0.15, -0.1) is 0 Å². The highest BCUT2D eigenvalue weighted by atomic mass is 16.2. The summed E-state index contributed by atoms with van der Waals surface area (Å²) in [4.78, 5) is 37.9. The number of hydrogen-bond donors (Lipinski definition) is 2. The third-order valence-electron chi connectivity index (χ3n) is 7.07. The van der Waals surface area contributed by atoms with Crippen LogP contribution in [0.15, 0.2) is 42.5 Å². The quantitative estimate of drug-likeness (QED) is 0.741. The molecule has 1 saturated carbocycles. The van der Waals surface area contributed by atoms with Gasteiger partial charge in [0, 0.05) is 19.4 Å². The maximum Gasteiger partial charge on any atom is 0.238 e. The molecule has 0 aromatic heterocycles. The minimum Gasteiger partial charge on any atom is -0.339 e. The first-order chi connectivity index (χ1) is 15.9. The van der Waals surface area contributed by atoms with Gasteiger partial charge in [-0.05, 0) is 53.5 Å². The van der Waals surface area contributed by atoms with Crippen LogP contribution in [-0.4, -0.2) is 35.8 Å². The van der Waals surface area contributed by atoms with E-state index in [2.05, 4.69) is 16.7 Å². The summed E-state index contributed by atoms with van der Waals surface area (Å²) in [5.74, 6) is -0.171. The monoisotopic (exact) mass is 442 g/mol. The van der Waals surface area contributed by atoms with Crippen molar-refractivity contribution in [3.63, 3.8) is 0 Å². The lowest BCUT2D eigenvalue weighted by molar-refractivity contribution is -0.125. The second-order valence-corrected chi connectivity index (χ2v) is 9.27. The number of fused-ring (bicyclic) bond motifs is 3. The molecule has 7 heteroatoms. The van der Waals surface area contributed by atoms with Crippen molar-refractivity contribution >= 4 is 23.4 Å². The summed E-state index contributed by atoms with van der Waals surface area (Å²) in [7, 11) is 0. The number of imide groups is 1. The first-order valence-corrected chi connectivity index (χ1v) is 11.4. The number of anilines is 1. The van der Waals surface area contributed by atoms with Crippen molar-refractivity contribution in [2.24, 2.45) is 5.92 Å². The van der Waals surface area contributed by atoms with Gasteiger partial charge in [0.2, 0.25) is 17.7 Å². The lowest BCUT2D eigenvalue weighted by Crippen LogP contribution is -2.50. The minimum absolute atomic E-state index is 0.0758. The van der Waals surface area contributed by atoms with E-state index in [9.17, 15) is 19.6 Å². The first-order valence-electron chi connectivity index (χ1n) is 11.4. The summed E-state index contributed by atoms with van der Waals surface area (Å²) in [6.45, 7) is 1.40. The van der Waals surface area contributed by atoms with Crippen LogP contribution in [0.25, 0.3) is 11.1 Å². The Balaban J connectivity index is 1.26. The summed E-state index contributed by atoms with van der Waals surface area (Å²) >= 11 is 0. The fourth-order valence-electron chi connectivity index (χ4n) is 5.43. The van der Waals surface area contributed by atoms with Gasteiger partial charge in [-0.2, -0.15) is 5.26 Å². The fraction of sp³-hybridized carbons (Fsp3) is 0.385. The molecule has 2 heterocycles. The second-order valence-electron chi connectivity index (χ2n) is 9.27. The molecule has 0 spiro atoms. The molecule has 3 aliphatic rings. The molecule has 7 nitrogen and oxygen atoms in total. The van der Waals surface area contributed by atoms with Gasteiger partial charge < -0.3 is 10.6 Å². The Morgan fingerprint density at radius 1 is 1.18 bits per heavy atom. The minimum atomic E-state index is -0.584. The van der Waals surface area contributed by atoms with Crippen molar-refractivity contribution in [3.05, 3.63) is 53.6 Å². The predicted octanol–water partition coefficient (Wildman–Crippen LogP) is 2.48. The molecular formula is C26H26N4O3. The predicted molar refractivity (Wildman–Crippen MR) is 123 cm³/mol. The van der Waals surface area contributed by atoms with E-state index in [1.165, 1.54) is 11.8 Å². The van der Waals surface area contributed by atoms with Gasteiger partial charge >= 0.3 is 0 Å². The third-order valence-corrected chi connectivity index (χ3v) is 7.07. The molecular weight excluding hydrogens is 416 g/mol. The van der Waals surface area contributed by atoms with Crippen molar-refractivity contribution in [3.8, 4) is 17.2 Å². The van der Waals surface area contributed by atoms with Gasteiger partial charge in [-0.3, -0.25) is 19.3 Å². The topological polar surface area (TPSA) is 102 Å². The number of nitrogens with zero attached hydrogens (tertiary/aromatic N) is 2. The van der Waals surface area contributed by atoms with Crippen molar-refractivity contribution in [2.45, 2.75) is 57.2 Å². The molecule has 0 unspecified atom stereocenters. The molecule has 3 amide bonds. The van der Waals surface area contributed by atoms with E-state index in [0.717, 1.165) is 41.5 Å². The number of hydrogen-bond acceptors (Lipinski definition) is 5. The van der Waals surface area contributed by atoms with Gasteiger partial charge in [0.25, 0.3) is 0 Å². The largest absolute Gasteiger partial charge is 0.339 e. The Morgan fingerprint density at radius 3 is 2.58 bits per heavy atom. The van der Waals surface area contributed by atoms with Crippen molar-refractivity contribution < 1.29 is 14.4 Å². The van der Waals surface area contributed by atoms with Gasteiger partial charge in [-0.1, -0.05) is 36.4 Å². The lowest BCUT2D eigenvalue weighted by atomic mass is 9.97.